The van der Waals surface area contributed by atoms with Crippen LogP contribution in [0, 0.1) is 13.8 Å². The number of aromatic nitrogens is 2. The zero-order valence-corrected chi connectivity index (χ0v) is 14.6. The molecule has 4 rings (SSSR count). The lowest BCUT2D eigenvalue weighted by atomic mass is 10.1. The third kappa shape index (κ3) is 3.24. The highest BCUT2D eigenvalue weighted by molar-refractivity contribution is 5.57. The van der Waals surface area contributed by atoms with Gasteiger partial charge in [0.05, 0.1) is 0 Å². The predicted octanol–water partition coefficient (Wildman–Crippen LogP) is 5.19. The molecule has 130 valence electrons. The summed E-state index contributed by atoms with van der Waals surface area (Å²) in [5.74, 6) is 2.99. The Labute approximate surface area is 151 Å². The molecule has 0 unspecified atom stereocenters. The van der Waals surface area contributed by atoms with Crippen molar-refractivity contribution in [3.63, 3.8) is 0 Å². The second-order valence-corrected chi connectivity index (χ2v) is 6.06. The summed E-state index contributed by atoms with van der Waals surface area (Å²) in [5, 5.41) is 4.01. The molecule has 0 saturated heterocycles. The molecule has 26 heavy (non-hydrogen) atoms. The highest BCUT2D eigenvalue weighted by atomic mass is 16.5. The number of hydrogen-bond donors (Lipinski definition) is 0. The quantitative estimate of drug-likeness (QED) is 0.497. The lowest BCUT2D eigenvalue weighted by Crippen LogP contribution is -1.97. The van der Waals surface area contributed by atoms with E-state index in [1.165, 1.54) is 0 Å². The molecule has 0 atom stereocenters. The van der Waals surface area contributed by atoms with E-state index in [1.54, 1.807) is 0 Å². The van der Waals surface area contributed by atoms with Crippen LogP contribution in [0.5, 0.6) is 5.75 Å². The van der Waals surface area contributed by atoms with Gasteiger partial charge in [0.15, 0.2) is 5.76 Å². The van der Waals surface area contributed by atoms with Gasteiger partial charge in [0, 0.05) is 5.56 Å². The van der Waals surface area contributed by atoms with Gasteiger partial charge in [0.25, 0.3) is 5.89 Å². The van der Waals surface area contributed by atoms with Crippen LogP contribution in [0.25, 0.3) is 23.0 Å². The molecule has 5 nitrogen and oxygen atoms in total. The van der Waals surface area contributed by atoms with Gasteiger partial charge in [-0.1, -0.05) is 53.7 Å². The van der Waals surface area contributed by atoms with Gasteiger partial charge in [-0.05, 0) is 37.1 Å². The fourth-order valence-electron chi connectivity index (χ4n) is 2.77. The van der Waals surface area contributed by atoms with E-state index in [1.807, 2.05) is 74.5 Å². The van der Waals surface area contributed by atoms with Crippen LogP contribution < -0.4 is 4.74 Å². The number of rotatable bonds is 5. The van der Waals surface area contributed by atoms with Crippen LogP contribution in [0.1, 0.15) is 16.9 Å². The van der Waals surface area contributed by atoms with E-state index in [2.05, 4.69) is 10.1 Å². The Hall–Kier alpha value is -3.34. The fourth-order valence-corrected chi connectivity index (χ4v) is 2.77. The molecule has 4 aromatic rings. The molecule has 0 aliphatic carbocycles. The Morgan fingerprint density at radius 3 is 2.42 bits per heavy atom. The summed E-state index contributed by atoms with van der Waals surface area (Å²) >= 11 is 0. The molecule has 0 saturated carbocycles. The Morgan fingerprint density at radius 1 is 0.885 bits per heavy atom. The molecule has 0 amide bonds. The van der Waals surface area contributed by atoms with Crippen LogP contribution in [-0.2, 0) is 6.61 Å². The van der Waals surface area contributed by atoms with Crippen molar-refractivity contribution in [3.8, 4) is 28.8 Å². The zero-order chi connectivity index (χ0) is 17.9. The van der Waals surface area contributed by atoms with Crippen molar-refractivity contribution in [2.24, 2.45) is 0 Å². The maximum atomic E-state index is 5.92. The van der Waals surface area contributed by atoms with Crippen LogP contribution in [0.3, 0.4) is 0 Å². The van der Waals surface area contributed by atoms with Gasteiger partial charge in [-0.25, -0.2) is 0 Å². The largest absolute Gasteiger partial charge is 0.485 e. The molecular formula is C21H18N2O3. The van der Waals surface area contributed by atoms with Crippen molar-refractivity contribution in [1.29, 1.82) is 0 Å². The van der Waals surface area contributed by atoms with Gasteiger partial charge in [0.2, 0.25) is 5.82 Å². The van der Waals surface area contributed by atoms with E-state index in [-0.39, 0.29) is 0 Å². The average molecular weight is 346 g/mol. The number of hydrogen-bond acceptors (Lipinski definition) is 5. The van der Waals surface area contributed by atoms with Gasteiger partial charge in [-0.15, -0.1) is 0 Å². The number of para-hydroxylation sites is 1. The molecule has 0 N–H and O–H groups in total. The van der Waals surface area contributed by atoms with Gasteiger partial charge in [-0.3, -0.25) is 0 Å². The molecule has 0 aliphatic rings. The number of aryl methyl sites for hydroxylation is 2. The maximum Gasteiger partial charge on any atom is 0.293 e. The highest BCUT2D eigenvalue weighted by Gasteiger charge is 2.14. The van der Waals surface area contributed by atoms with Crippen LogP contribution in [0.2, 0.25) is 0 Å². The van der Waals surface area contributed by atoms with Crippen molar-refractivity contribution in [3.05, 3.63) is 77.6 Å². The molecule has 0 spiro atoms. The maximum absolute atomic E-state index is 5.92. The summed E-state index contributed by atoms with van der Waals surface area (Å²) in [6.07, 6.45) is 0. The molecule has 5 heteroatoms. The van der Waals surface area contributed by atoms with Gasteiger partial charge in [-0.2, -0.15) is 4.98 Å². The Kier molecular flexibility index (Phi) is 4.27. The second-order valence-electron chi connectivity index (χ2n) is 6.06. The average Bonchev–Trinajstić information content (AvgIpc) is 3.31. The van der Waals surface area contributed by atoms with Crippen LogP contribution in [0.4, 0.5) is 0 Å². The lowest BCUT2D eigenvalue weighted by Gasteiger charge is -2.10. The molecule has 2 aromatic carbocycles. The first-order valence-electron chi connectivity index (χ1n) is 8.38. The zero-order valence-electron chi connectivity index (χ0n) is 14.6. The minimum atomic E-state index is 0.339. The third-order valence-electron chi connectivity index (χ3n) is 4.10. The summed E-state index contributed by atoms with van der Waals surface area (Å²) in [6.45, 7) is 4.39. The smallest absolute Gasteiger partial charge is 0.293 e. The molecular weight excluding hydrogens is 328 g/mol. The summed E-state index contributed by atoms with van der Waals surface area (Å²) in [7, 11) is 0. The summed E-state index contributed by atoms with van der Waals surface area (Å²) in [6, 6.07) is 19.4. The van der Waals surface area contributed by atoms with E-state index < -0.39 is 0 Å². The van der Waals surface area contributed by atoms with Crippen molar-refractivity contribution in [1.82, 2.24) is 10.1 Å². The molecule has 2 heterocycles. The molecule has 2 aromatic heterocycles. The van der Waals surface area contributed by atoms with Crippen molar-refractivity contribution >= 4 is 0 Å². The standard InChI is InChI=1S/C21H18N2O3/c1-14-7-6-8-15(2)19(14)24-13-17-11-12-18(25-17)21-22-20(23-26-21)16-9-4-3-5-10-16/h3-12H,13H2,1-2H3. The van der Waals surface area contributed by atoms with Crippen molar-refractivity contribution < 1.29 is 13.7 Å². The Morgan fingerprint density at radius 2 is 1.65 bits per heavy atom. The summed E-state index contributed by atoms with van der Waals surface area (Å²) in [4.78, 5) is 4.40. The third-order valence-corrected chi connectivity index (χ3v) is 4.10. The first kappa shape index (κ1) is 16.1. The van der Waals surface area contributed by atoms with E-state index >= 15 is 0 Å². The van der Waals surface area contributed by atoms with Crippen LogP contribution in [-0.4, -0.2) is 10.1 Å². The van der Waals surface area contributed by atoms with E-state index in [9.17, 15) is 0 Å². The number of nitrogens with zero attached hydrogens (tertiary/aromatic N) is 2. The fraction of sp³-hybridized carbons (Fsp3) is 0.143. The first-order chi connectivity index (χ1) is 12.7. The molecule has 0 fully saturated rings. The van der Waals surface area contributed by atoms with Gasteiger partial charge >= 0.3 is 0 Å². The minimum absolute atomic E-state index is 0.339. The normalized spacial score (nSPS) is 10.8. The predicted molar refractivity (Wildman–Crippen MR) is 97.7 cm³/mol. The highest BCUT2D eigenvalue weighted by Crippen LogP contribution is 2.26. The van der Waals surface area contributed by atoms with E-state index in [4.69, 9.17) is 13.7 Å². The van der Waals surface area contributed by atoms with Gasteiger partial charge in [0.1, 0.15) is 18.1 Å². The van der Waals surface area contributed by atoms with Crippen LogP contribution in [0.15, 0.2) is 69.6 Å². The molecule has 0 radical (unpaired) electrons. The Bertz CT molecular complexity index is 998. The SMILES string of the molecule is Cc1cccc(C)c1OCc1ccc(-c2nc(-c3ccccc3)no2)o1. The minimum Gasteiger partial charge on any atom is -0.485 e. The van der Waals surface area contributed by atoms with E-state index in [0.29, 0.717) is 29.8 Å². The monoisotopic (exact) mass is 346 g/mol. The topological polar surface area (TPSA) is 61.3 Å². The Balaban J connectivity index is 1.49. The van der Waals surface area contributed by atoms with Crippen molar-refractivity contribution in [2.45, 2.75) is 20.5 Å². The number of ether oxygens (including phenoxy) is 1. The number of benzene rings is 2. The van der Waals surface area contributed by atoms with Gasteiger partial charge < -0.3 is 13.7 Å². The molecule has 0 aliphatic heterocycles. The first-order valence-corrected chi connectivity index (χ1v) is 8.38. The number of furan rings is 1. The summed E-state index contributed by atoms with van der Waals surface area (Å²) < 4.78 is 17.0. The van der Waals surface area contributed by atoms with Crippen LogP contribution >= 0.6 is 0 Å². The molecule has 0 bridgehead atoms. The van der Waals surface area contributed by atoms with E-state index in [0.717, 1.165) is 22.4 Å². The second kappa shape index (κ2) is 6.88. The lowest BCUT2D eigenvalue weighted by molar-refractivity contribution is 0.267. The summed E-state index contributed by atoms with van der Waals surface area (Å²) in [5.41, 5.74) is 3.09. The van der Waals surface area contributed by atoms with Crippen molar-refractivity contribution in [2.75, 3.05) is 0 Å².